The number of nitrogens with one attached hydrogen (secondary N) is 1. The fourth-order valence-electron chi connectivity index (χ4n) is 1.45. The molecule has 0 aromatic heterocycles. The van der Waals surface area contributed by atoms with Crippen molar-refractivity contribution >= 4 is 5.91 Å². The van der Waals surface area contributed by atoms with Gasteiger partial charge in [-0.25, -0.2) is 0 Å². The van der Waals surface area contributed by atoms with Crippen molar-refractivity contribution in [2.75, 3.05) is 6.54 Å². The van der Waals surface area contributed by atoms with Gasteiger partial charge < -0.3 is 11.1 Å². The monoisotopic (exact) mass is 220 g/mol. The topological polar surface area (TPSA) is 55.1 Å². The van der Waals surface area contributed by atoms with Crippen LogP contribution in [0.4, 0.5) is 0 Å². The van der Waals surface area contributed by atoms with Gasteiger partial charge in [0.2, 0.25) is 5.91 Å². The molecule has 0 heterocycles. The number of benzene rings is 1. The average Bonchev–Trinajstić information content (AvgIpc) is 2.16. The van der Waals surface area contributed by atoms with Crippen LogP contribution in [0.2, 0.25) is 0 Å². The van der Waals surface area contributed by atoms with Gasteiger partial charge in [0.25, 0.3) is 0 Å². The normalized spacial score (nSPS) is 11.4. The summed E-state index contributed by atoms with van der Waals surface area (Å²) in [5, 5.41) is 2.98. The van der Waals surface area contributed by atoms with Gasteiger partial charge in [0.05, 0.1) is 6.54 Å². The Bertz CT molecular complexity index is 349. The highest BCUT2D eigenvalue weighted by molar-refractivity contribution is 5.75. The average molecular weight is 220 g/mol. The lowest BCUT2D eigenvalue weighted by Gasteiger charge is -2.19. The Hall–Kier alpha value is -1.35. The molecular formula is C13H20N2O. The molecule has 0 saturated carbocycles. The first-order chi connectivity index (χ1) is 7.39. The van der Waals surface area contributed by atoms with Gasteiger partial charge in [0, 0.05) is 6.54 Å². The number of hydrogen-bond donors (Lipinski definition) is 2. The molecule has 3 N–H and O–H groups in total. The van der Waals surface area contributed by atoms with E-state index in [0.29, 0.717) is 6.54 Å². The zero-order chi connectivity index (χ0) is 12.2. The van der Waals surface area contributed by atoms with Crippen molar-refractivity contribution in [1.29, 1.82) is 0 Å². The second kappa shape index (κ2) is 5.12. The fourth-order valence-corrected chi connectivity index (χ4v) is 1.45. The van der Waals surface area contributed by atoms with Crippen LogP contribution in [0.5, 0.6) is 0 Å². The summed E-state index contributed by atoms with van der Waals surface area (Å²) in [5.41, 5.74) is 7.69. The van der Waals surface area contributed by atoms with Crippen molar-refractivity contribution in [3.05, 3.63) is 35.4 Å². The summed E-state index contributed by atoms with van der Waals surface area (Å²) in [6.07, 6.45) is 0. The summed E-state index contributed by atoms with van der Waals surface area (Å²) in [6, 6.07) is 8.41. The third-order valence-corrected chi connectivity index (χ3v) is 2.45. The van der Waals surface area contributed by atoms with Crippen LogP contribution >= 0.6 is 0 Å². The molecule has 0 radical (unpaired) electrons. The lowest BCUT2D eigenvalue weighted by molar-refractivity contribution is -0.117. The zero-order valence-corrected chi connectivity index (χ0v) is 10.2. The largest absolute Gasteiger partial charge is 0.369 e. The number of primary amides is 1. The third kappa shape index (κ3) is 4.03. The standard InChI is InChI=1S/C13H20N2O/c1-13(2,3)11-6-4-10(5-7-11)8-15-9-12(14)16/h4-7,15H,8-9H2,1-3H3,(H2,14,16). The molecule has 0 aliphatic carbocycles. The number of nitrogens with two attached hydrogens (primary N) is 1. The van der Waals surface area contributed by atoms with E-state index in [9.17, 15) is 4.79 Å². The van der Waals surface area contributed by atoms with Crippen LogP contribution in [-0.2, 0) is 16.8 Å². The lowest BCUT2D eigenvalue weighted by atomic mass is 9.87. The predicted molar refractivity (Wildman–Crippen MR) is 66.0 cm³/mol. The molecule has 88 valence electrons. The van der Waals surface area contributed by atoms with Crippen LogP contribution < -0.4 is 11.1 Å². The number of amides is 1. The van der Waals surface area contributed by atoms with Crippen molar-refractivity contribution in [2.45, 2.75) is 32.7 Å². The minimum absolute atomic E-state index is 0.180. The molecule has 0 spiro atoms. The highest BCUT2D eigenvalue weighted by Gasteiger charge is 2.12. The van der Waals surface area contributed by atoms with Gasteiger partial charge in [-0.1, -0.05) is 45.0 Å². The van der Waals surface area contributed by atoms with Crippen LogP contribution in [0.15, 0.2) is 24.3 Å². The van der Waals surface area contributed by atoms with Crippen molar-refractivity contribution in [2.24, 2.45) is 5.73 Å². The Morgan fingerprint density at radius 1 is 1.25 bits per heavy atom. The molecule has 3 heteroatoms. The van der Waals surface area contributed by atoms with E-state index in [0.717, 1.165) is 5.56 Å². The van der Waals surface area contributed by atoms with Crippen molar-refractivity contribution in [3.8, 4) is 0 Å². The summed E-state index contributed by atoms with van der Waals surface area (Å²) in [6.45, 7) is 7.46. The maximum Gasteiger partial charge on any atom is 0.231 e. The maximum absolute atomic E-state index is 10.5. The van der Waals surface area contributed by atoms with Gasteiger partial charge in [0.1, 0.15) is 0 Å². The molecule has 1 rings (SSSR count). The van der Waals surface area contributed by atoms with Crippen LogP contribution in [0.1, 0.15) is 31.9 Å². The minimum Gasteiger partial charge on any atom is -0.369 e. The summed E-state index contributed by atoms with van der Waals surface area (Å²) >= 11 is 0. The molecule has 16 heavy (non-hydrogen) atoms. The first kappa shape index (κ1) is 12.7. The summed E-state index contributed by atoms with van der Waals surface area (Å²) < 4.78 is 0. The second-order valence-electron chi connectivity index (χ2n) is 5.02. The van der Waals surface area contributed by atoms with E-state index in [1.807, 2.05) is 0 Å². The van der Waals surface area contributed by atoms with E-state index in [-0.39, 0.29) is 17.9 Å². The molecular weight excluding hydrogens is 200 g/mol. The van der Waals surface area contributed by atoms with Gasteiger partial charge in [-0.05, 0) is 16.5 Å². The Balaban J connectivity index is 2.55. The Morgan fingerprint density at radius 3 is 2.25 bits per heavy atom. The molecule has 1 amide bonds. The van der Waals surface area contributed by atoms with Crippen molar-refractivity contribution in [1.82, 2.24) is 5.32 Å². The summed E-state index contributed by atoms with van der Waals surface area (Å²) in [7, 11) is 0. The molecule has 0 aliphatic rings. The molecule has 0 unspecified atom stereocenters. The quantitative estimate of drug-likeness (QED) is 0.809. The first-order valence-electron chi connectivity index (χ1n) is 5.48. The highest BCUT2D eigenvalue weighted by atomic mass is 16.1. The summed E-state index contributed by atoms with van der Waals surface area (Å²) in [5.74, 6) is -0.327. The molecule has 0 aliphatic heterocycles. The SMILES string of the molecule is CC(C)(C)c1ccc(CNCC(N)=O)cc1. The fraction of sp³-hybridized carbons (Fsp3) is 0.462. The van der Waals surface area contributed by atoms with Gasteiger partial charge >= 0.3 is 0 Å². The van der Waals surface area contributed by atoms with Crippen LogP contribution in [-0.4, -0.2) is 12.5 Å². The second-order valence-corrected chi connectivity index (χ2v) is 5.02. The zero-order valence-electron chi connectivity index (χ0n) is 10.2. The van der Waals surface area contributed by atoms with Gasteiger partial charge in [-0.2, -0.15) is 0 Å². The van der Waals surface area contributed by atoms with E-state index >= 15 is 0 Å². The van der Waals surface area contributed by atoms with Crippen LogP contribution in [0.25, 0.3) is 0 Å². The molecule has 0 bridgehead atoms. The van der Waals surface area contributed by atoms with E-state index in [4.69, 9.17) is 5.73 Å². The van der Waals surface area contributed by atoms with Crippen molar-refractivity contribution in [3.63, 3.8) is 0 Å². The number of carbonyl (C=O) groups is 1. The van der Waals surface area contributed by atoms with Gasteiger partial charge in [0.15, 0.2) is 0 Å². The maximum atomic E-state index is 10.5. The Labute approximate surface area is 97.0 Å². The number of carbonyl (C=O) groups excluding carboxylic acids is 1. The first-order valence-corrected chi connectivity index (χ1v) is 5.48. The van der Waals surface area contributed by atoms with E-state index < -0.39 is 0 Å². The van der Waals surface area contributed by atoms with Crippen LogP contribution in [0.3, 0.4) is 0 Å². The van der Waals surface area contributed by atoms with Crippen LogP contribution in [0, 0.1) is 0 Å². The van der Waals surface area contributed by atoms with Crippen molar-refractivity contribution < 1.29 is 4.79 Å². The molecule has 0 atom stereocenters. The smallest absolute Gasteiger partial charge is 0.231 e. The van der Waals surface area contributed by atoms with E-state index in [2.05, 4.69) is 50.4 Å². The molecule has 1 aromatic carbocycles. The van der Waals surface area contributed by atoms with E-state index in [1.165, 1.54) is 5.56 Å². The number of rotatable bonds is 4. The Morgan fingerprint density at radius 2 is 1.81 bits per heavy atom. The Kier molecular flexibility index (Phi) is 4.07. The molecule has 0 fully saturated rings. The van der Waals surface area contributed by atoms with E-state index in [1.54, 1.807) is 0 Å². The molecule has 0 saturated heterocycles. The molecule has 3 nitrogen and oxygen atoms in total. The summed E-state index contributed by atoms with van der Waals surface area (Å²) in [4.78, 5) is 10.5. The third-order valence-electron chi connectivity index (χ3n) is 2.45. The minimum atomic E-state index is -0.327. The van der Waals surface area contributed by atoms with Gasteiger partial charge in [-0.3, -0.25) is 4.79 Å². The lowest BCUT2D eigenvalue weighted by Crippen LogP contribution is -2.28. The predicted octanol–water partition coefficient (Wildman–Crippen LogP) is 1.56. The highest BCUT2D eigenvalue weighted by Crippen LogP contribution is 2.21. The van der Waals surface area contributed by atoms with Gasteiger partial charge in [-0.15, -0.1) is 0 Å². The number of hydrogen-bond acceptors (Lipinski definition) is 2. The molecule has 1 aromatic rings.